The van der Waals surface area contributed by atoms with E-state index < -0.39 is 5.91 Å². The molecule has 1 atom stereocenters. The Balaban J connectivity index is 1.90. The van der Waals surface area contributed by atoms with Crippen molar-refractivity contribution in [1.82, 2.24) is 9.88 Å². The number of rotatable bonds is 6. The van der Waals surface area contributed by atoms with E-state index in [-0.39, 0.29) is 11.8 Å². The van der Waals surface area contributed by atoms with Gasteiger partial charge in [-0.15, -0.1) is 0 Å². The molecule has 3 rings (SSSR count). The van der Waals surface area contributed by atoms with Crippen molar-refractivity contribution in [3.8, 4) is 11.1 Å². The first-order valence-electron chi connectivity index (χ1n) is 9.52. The molecule has 0 spiro atoms. The lowest BCUT2D eigenvalue weighted by Gasteiger charge is -2.30. The molecule has 1 amide bonds. The summed E-state index contributed by atoms with van der Waals surface area (Å²) in [6.45, 7) is 8.10. The lowest BCUT2D eigenvalue weighted by molar-refractivity contribution is -0.110. The number of anilines is 1. The number of aryl methyl sites for hydroxylation is 1. The standard InChI is InChI=1S/C22H27N5O/c1-3-21(24)22(28)26-20-10-16(13-27-8-4-5-19(23)14-27)9-18(11-20)17-7-6-15(2)25-12-17/h3,6-7,9-12,19,24H,1,4-5,8,13-14,23H2,2H3,(H,26,28)/t19-/m0/s1. The number of hydrogen-bond donors (Lipinski definition) is 3. The number of amides is 1. The lowest BCUT2D eigenvalue weighted by Crippen LogP contribution is -2.42. The number of aromatic nitrogens is 1. The molecule has 2 heterocycles. The number of carbonyl (C=O) groups excluding carboxylic acids is 1. The molecule has 1 aliphatic rings. The highest BCUT2D eigenvalue weighted by Crippen LogP contribution is 2.26. The molecule has 1 saturated heterocycles. The molecule has 1 aliphatic heterocycles. The highest BCUT2D eigenvalue weighted by Gasteiger charge is 2.17. The summed E-state index contributed by atoms with van der Waals surface area (Å²) in [4.78, 5) is 18.9. The monoisotopic (exact) mass is 377 g/mol. The molecule has 0 unspecified atom stereocenters. The molecule has 0 aliphatic carbocycles. The number of piperidine rings is 1. The van der Waals surface area contributed by atoms with Gasteiger partial charge in [0.2, 0.25) is 0 Å². The Morgan fingerprint density at radius 2 is 2.21 bits per heavy atom. The second-order valence-corrected chi connectivity index (χ2v) is 7.32. The van der Waals surface area contributed by atoms with E-state index in [1.54, 1.807) is 0 Å². The van der Waals surface area contributed by atoms with Gasteiger partial charge in [0.15, 0.2) is 0 Å². The normalized spacial score (nSPS) is 17.1. The molecule has 6 nitrogen and oxygen atoms in total. The van der Waals surface area contributed by atoms with E-state index in [4.69, 9.17) is 11.1 Å². The Hall–Kier alpha value is -2.83. The van der Waals surface area contributed by atoms with Crippen molar-refractivity contribution < 1.29 is 4.79 Å². The van der Waals surface area contributed by atoms with Crippen LogP contribution in [0.1, 0.15) is 24.1 Å². The number of nitrogens with two attached hydrogens (primary N) is 1. The van der Waals surface area contributed by atoms with Crippen molar-refractivity contribution in [2.75, 3.05) is 18.4 Å². The summed E-state index contributed by atoms with van der Waals surface area (Å²) >= 11 is 0. The first kappa shape index (κ1) is 19.9. The van der Waals surface area contributed by atoms with Crippen LogP contribution < -0.4 is 11.1 Å². The largest absolute Gasteiger partial charge is 0.327 e. The van der Waals surface area contributed by atoms with Crippen LogP contribution >= 0.6 is 0 Å². The fourth-order valence-electron chi connectivity index (χ4n) is 3.44. The summed E-state index contributed by atoms with van der Waals surface area (Å²) in [5, 5.41) is 10.5. The van der Waals surface area contributed by atoms with E-state index in [1.807, 2.05) is 37.4 Å². The molecule has 28 heavy (non-hydrogen) atoms. The first-order valence-corrected chi connectivity index (χ1v) is 9.52. The molecule has 0 saturated carbocycles. The maximum Gasteiger partial charge on any atom is 0.273 e. The average Bonchev–Trinajstić information content (AvgIpc) is 2.67. The fraction of sp³-hybridized carbons (Fsp3) is 0.318. The highest BCUT2D eigenvalue weighted by atomic mass is 16.1. The van der Waals surface area contributed by atoms with Crippen LogP contribution in [-0.4, -0.2) is 40.6 Å². The van der Waals surface area contributed by atoms with Crippen LogP contribution in [0.4, 0.5) is 5.69 Å². The summed E-state index contributed by atoms with van der Waals surface area (Å²) < 4.78 is 0. The maximum absolute atomic E-state index is 12.1. The van der Waals surface area contributed by atoms with Gasteiger partial charge in [-0.1, -0.05) is 12.6 Å². The maximum atomic E-state index is 12.1. The zero-order valence-corrected chi connectivity index (χ0v) is 16.2. The number of likely N-dealkylation sites (tertiary alicyclic amines) is 1. The molecule has 0 bridgehead atoms. The SMILES string of the molecule is C=CC(=N)C(=O)Nc1cc(CN2CCC[C@H](N)C2)cc(-c2ccc(C)nc2)c1. The Kier molecular flexibility index (Phi) is 6.34. The van der Waals surface area contributed by atoms with Gasteiger partial charge in [-0.25, -0.2) is 0 Å². The molecular weight excluding hydrogens is 350 g/mol. The summed E-state index contributed by atoms with van der Waals surface area (Å²) in [6.07, 6.45) is 5.24. The van der Waals surface area contributed by atoms with E-state index in [0.29, 0.717) is 5.69 Å². The molecule has 1 aromatic carbocycles. The molecule has 146 valence electrons. The van der Waals surface area contributed by atoms with Gasteiger partial charge in [-0.2, -0.15) is 0 Å². The topological polar surface area (TPSA) is 95.1 Å². The van der Waals surface area contributed by atoms with Crippen molar-refractivity contribution in [1.29, 1.82) is 5.41 Å². The van der Waals surface area contributed by atoms with Crippen LogP contribution in [0, 0.1) is 12.3 Å². The van der Waals surface area contributed by atoms with Crippen LogP contribution in [0.5, 0.6) is 0 Å². The summed E-state index contributed by atoms with van der Waals surface area (Å²) in [5.41, 5.74) is 10.6. The van der Waals surface area contributed by atoms with Crippen molar-refractivity contribution >= 4 is 17.3 Å². The molecular formula is C22H27N5O. The minimum absolute atomic E-state index is 0.161. The zero-order valence-electron chi connectivity index (χ0n) is 16.2. The Labute approximate surface area is 166 Å². The van der Waals surface area contributed by atoms with Crippen LogP contribution in [-0.2, 0) is 11.3 Å². The predicted octanol–water partition coefficient (Wildman–Crippen LogP) is 3.12. The Morgan fingerprint density at radius 3 is 2.89 bits per heavy atom. The van der Waals surface area contributed by atoms with Gasteiger partial charge in [-0.05, 0) is 67.8 Å². The molecule has 1 fully saturated rings. The third kappa shape index (κ3) is 5.12. The second kappa shape index (κ2) is 8.91. The van der Waals surface area contributed by atoms with Crippen molar-refractivity contribution in [3.63, 3.8) is 0 Å². The number of benzene rings is 1. The van der Waals surface area contributed by atoms with E-state index in [2.05, 4.69) is 27.8 Å². The first-order chi connectivity index (χ1) is 13.4. The molecule has 6 heteroatoms. The fourth-order valence-corrected chi connectivity index (χ4v) is 3.44. The smallest absolute Gasteiger partial charge is 0.273 e. The van der Waals surface area contributed by atoms with Crippen molar-refractivity contribution in [3.05, 3.63) is 60.4 Å². The van der Waals surface area contributed by atoms with Gasteiger partial charge in [0.05, 0.1) is 0 Å². The third-order valence-electron chi connectivity index (χ3n) is 4.89. The van der Waals surface area contributed by atoms with E-state index in [0.717, 1.165) is 54.9 Å². The van der Waals surface area contributed by atoms with Crippen molar-refractivity contribution in [2.24, 2.45) is 5.73 Å². The third-order valence-corrected chi connectivity index (χ3v) is 4.89. The number of nitrogens with one attached hydrogen (secondary N) is 2. The van der Waals surface area contributed by atoms with Crippen LogP contribution in [0.15, 0.2) is 49.2 Å². The van der Waals surface area contributed by atoms with Gasteiger partial charge in [-0.3, -0.25) is 20.1 Å². The number of nitrogens with zero attached hydrogens (tertiary/aromatic N) is 2. The zero-order chi connectivity index (χ0) is 20.1. The molecule has 0 radical (unpaired) electrons. The van der Waals surface area contributed by atoms with E-state index in [9.17, 15) is 4.79 Å². The van der Waals surface area contributed by atoms with Gasteiger partial charge in [0.25, 0.3) is 5.91 Å². The van der Waals surface area contributed by atoms with Crippen molar-refractivity contribution in [2.45, 2.75) is 32.4 Å². The summed E-state index contributed by atoms with van der Waals surface area (Å²) in [5.74, 6) is -0.472. The van der Waals surface area contributed by atoms with Crippen LogP contribution in [0.3, 0.4) is 0 Å². The van der Waals surface area contributed by atoms with E-state index >= 15 is 0 Å². The number of pyridine rings is 1. The van der Waals surface area contributed by atoms with E-state index in [1.165, 1.54) is 6.08 Å². The predicted molar refractivity (Wildman–Crippen MR) is 113 cm³/mol. The summed E-state index contributed by atoms with van der Waals surface area (Å²) in [7, 11) is 0. The van der Waals surface area contributed by atoms with Gasteiger partial charge >= 0.3 is 0 Å². The Bertz CT molecular complexity index is 875. The quantitative estimate of drug-likeness (QED) is 0.674. The van der Waals surface area contributed by atoms with Gasteiger partial charge in [0, 0.05) is 42.3 Å². The van der Waals surface area contributed by atoms with Gasteiger partial charge < -0.3 is 11.1 Å². The number of carbonyl (C=O) groups is 1. The molecule has 1 aromatic heterocycles. The second-order valence-electron chi connectivity index (χ2n) is 7.32. The minimum atomic E-state index is -0.472. The lowest BCUT2D eigenvalue weighted by atomic mass is 10.0. The molecule has 4 N–H and O–H groups in total. The summed E-state index contributed by atoms with van der Waals surface area (Å²) in [6, 6.07) is 10.2. The number of hydrogen-bond acceptors (Lipinski definition) is 5. The Morgan fingerprint density at radius 1 is 1.39 bits per heavy atom. The van der Waals surface area contributed by atoms with Crippen LogP contribution in [0.25, 0.3) is 11.1 Å². The molecule has 2 aromatic rings. The van der Waals surface area contributed by atoms with Gasteiger partial charge in [0.1, 0.15) is 5.71 Å². The van der Waals surface area contributed by atoms with Crippen LogP contribution in [0.2, 0.25) is 0 Å². The average molecular weight is 377 g/mol. The minimum Gasteiger partial charge on any atom is -0.327 e. The highest BCUT2D eigenvalue weighted by molar-refractivity contribution is 6.45.